The van der Waals surface area contributed by atoms with Gasteiger partial charge in [-0.1, -0.05) is 12.1 Å². The number of hydrogen-bond acceptors (Lipinski definition) is 6. The molecule has 9 heteroatoms. The lowest BCUT2D eigenvalue weighted by Gasteiger charge is -2.26. The first-order valence-corrected chi connectivity index (χ1v) is 9.92. The highest BCUT2D eigenvalue weighted by molar-refractivity contribution is 6.39. The highest BCUT2D eigenvalue weighted by atomic mass is 19.1. The molecule has 1 aliphatic heterocycles. The summed E-state index contributed by atoms with van der Waals surface area (Å²) in [5.41, 5.74) is 0.844. The van der Waals surface area contributed by atoms with E-state index in [1.807, 2.05) is 0 Å². The van der Waals surface area contributed by atoms with Gasteiger partial charge in [0.2, 0.25) is 0 Å². The number of carbonyl (C=O) groups is 4. The first-order chi connectivity index (χ1) is 15.9. The molecular weight excluding hydrogens is 431 g/mol. The number of barbiturate groups is 1. The number of carbonyl (C=O) groups excluding carboxylic acids is 4. The minimum Gasteiger partial charge on any atom is -0.462 e. The Bertz CT molecular complexity index is 1280. The molecule has 1 aromatic heterocycles. The number of nitrogens with zero attached hydrogens (tertiary/aromatic N) is 1. The van der Waals surface area contributed by atoms with Crippen molar-refractivity contribution in [3.8, 4) is 11.3 Å². The Hall–Kier alpha value is -4.53. The van der Waals surface area contributed by atoms with Crippen LogP contribution in [0.4, 0.5) is 14.9 Å². The van der Waals surface area contributed by atoms with Crippen LogP contribution in [-0.2, 0) is 14.3 Å². The average Bonchev–Trinajstić information content (AvgIpc) is 3.27. The number of nitrogens with one attached hydrogen (secondary N) is 1. The summed E-state index contributed by atoms with van der Waals surface area (Å²) in [6.45, 7) is 1.99. The lowest BCUT2D eigenvalue weighted by atomic mass is 10.1. The van der Waals surface area contributed by atoms with Crippen molar-refractivity contribution in [1.29, 1.82) is 0 Å². The number of halogens is 1. The number of furan rings is 1. The van der Waals surface area contributed by atoms with Crippen molar-refractivity contribution in [1.82, 2.24) is 5.32 Å². The van der Waals surface area contributed by atoms with Gasteiger partial charge < -0.3 is 9.15 Å². The van der Waals surface area contributed by atoms with Gasteiger partial charge in [0, 0.05) is 5.56 Å². The van der Waals surface area contributed by atoms with E-state index in [1.165, 1.54) is 18.2 Å². The van der Waals surface area contributed by atoms with E-state index in [0.717, 1.165) is 17.0 Å². The van der Waals surface area contributed by atoms with Gasteiger partial charge in [0.25, 0.3) is 11.8 Å². The summed E-state index contributed by atoms with van der Waals surface area (Å²) in [6, 6.07) is 13.5. The first-order valence-electron chi connectivity index (χ1n) is 9.92. The lowest BCUT2D eigenvalue weighted by molar-refractivity contribution is -0.122. The second-order valence-electron chi connectivity index (χ2n) is 6.93. The van der Waals surface area contributed by atoms with Crippen LogP contribution >= 0.6 is 0 Å². The summed E-state index contributed by atoms with van der Waals surface area (Å²) in [5, 5.41) is 2.09. The number of imide groups is 2. The summed E-state index contributed by atoms with van der Waals surface area (Å²) in [7, 11) is 0. The monoisotopic (exact) mass is 448 g/mol. The summed E-state index contributed by atoms with van der Waals surface area (Å²) < 4.78 is 23.9. The van der Waals surface area contributed by atoms with Gasteiger partial charge in [-0.15, -0.1) is 0 Å². The van der Waals surface area contributed by atoms with Crippen molar-refractivity contribution in [2.75, 3.05) is 11.5 Å². The zero-order valence-corrected chi connectivity index (χ0v) is 17.3. The van der Waals surface area contributed by atoms with Crippen LogP contribution in [0, 0.1) is 5.82 Å². The van der Waals surface area contributed by atoms with Crippen LogP contribution in [0.15, 0.2) is 70.7 Å². The van der Waals surface area contributed by atoms with Crippen molar-refractivity contribution in [3.05, 3.63) is 83.4 Å². The second kappa shape index (κ2) is 8.91. The third-order valence-electron chi connectivity index (χ3n) is 4.78. The van der Waals surface area contributed by atoms with Crippen molar-refractivity contribution in [2.45, 2.75) is 6.92 Å². The molecule has 1 aliphatic rings. The standard InChI is InChI=1S/C24H17FN2O6/c1-2-32-23(30)15-5-3-14(4-6-15)20-12-11-18(33-20)13-19-21(28)26-24(31)27(22(19)29)17-9-7-16(25)8-10-17/h3-13H,2H2,1H3,(H,26,28,31)/b19-13+. The maximum absolute atomic E-state index is 13.2. The molecule has 3 aromatic rings. The van der Waals surface area contributed by atoms with Crippen molar-refractivity contribution in [2.24, 2.45) is 0 Å². The molecule has 4 rings (SSSR count). The molecule has 0 bridgehead atoms. The van der Waals surface area contributed by atoms with E-state index in [4.69, 9.17) is 9.15 Å². The second-order valence-corrected chi connectivity index (χ2v) is 6.93. The molecule has 2 heterocycles. The van der Waals surface area contributed by atoms with Gasteiger partial charge in [0.1, 0.15) is 22.9 Å². The molecule has 2 aromatic carbocycles. The number of amides is 4. The van der Waals surface area contributed by atoms with Crippen LogP contribution in [0.3, 0.4) is 0 Å². The number of anilines is 1. The van der Waals surface area contributed by atoms with Crippen LogP contribution in [0.2, 0.25) is 0 Å². The summed E-state index contributed by atoms with van der Waals surface area (Å²) in [6.07, 6.45) is 1.22. The number of rotatable bonds is 5. The Morgan fingerprint density at radius 2 is 1.73 bits per heavy atom. The molecule has 1 saturated heterocycles. The van der Waals surface area contributed by atoms with Gasteiger partial charge in [0.15, 0.2) is 0 Å². The maximum atomic E-state index is 13.2. The predicted molar refractivity (Wildman–Crippen MR) is 116 cm³/mol. The van der Waals surface area contributed by atoms with E-state index < -0.39 is 29.6 Å². The van der Waals surface area contributed by atoms with E-state index in [9.17, 15) is 23.6 Å². The minimum absolute atomic E-state index is 0.110. The zero-order valence-electron chi connectivity index (χ0n) is 17.3. The van der Waals surface area contributed by atoms with Crippen LogP contribution in [-0.4, -0.2) is 30.4 Å². The fraction of sp³-hybridized carbons (Fsp3) is 0.0833. The van der Waals surface area contributed by atoms with Crippen LogP contribution < -0.4 is 10.2 Å². The molecule has 0 unspecified atom stereocenters. The van der Waals surface area contributed by atoms with E-state index >= 15 is 0 Å². The molecule has 0 saturated carbocycles. The van der Waals surface area contributed by atoms with Gasteiger partial charge in [-0.3, -0.25) is 14.9 Å². The molecule has 0 radical (unpaired) electrons. The summed E-state index contributed by atoms with van der Waals surface area (Å²) in [5.74, 6) is -2.07. The van der Waals surface area contributed by atoms with E-state index in [1.54, 1.807) is 43.3 Å². The Balaban J connectivity index is 1.59. The van der Waals surface area contributed by atoms with E-state index in [2.05, 4.69) is 5.32 Å². The van der Waals surface area contributed by atoms with Crippen molar-refractivity contribution in [3.63, 3.8) is 0 Å². The van der Waals surface area contributed by atoms with Crippen LogP contribution in [0.5, 0.6) is 0 Å². The number of hydrogen-bond donors (Lipinski definition) is 1. The van der Waals surface area contributed by atoms with Crippen LogP contribution in [0.25, 0.3) is 17.4 Å². The fourth-order valence-corrected chi connectivity index (χ4v) is 3.19. The third-order valence-corrected chi connectivity index (χ3v) is 4.78. The number of benzene rings is 2. The molecule has 8 nitrogen and oxygen atoms in total. The van der Waals surface area contributed by atoms with Gasteiger partial charge in [-0.05, 0) is 61.5 Å². The Morgan fingerprint density at radius 1 is 1.03 bits per heavy atom. The van der Waals surface area contributed by atoms with Gasteiger partial charge in [0.05, 0.1) is 17.9 Å². The third kappa shape index (κ3) is 4.42. The zero-order chi connectivity index (χ0) is 23.5. The molecule has 4 amide bonds. The SMILES string of the molecule is CCOC(=O)c1ccc(-c2ccc(/C=C3\C(=O)NC(=O)N(c4ccc(F)cc4)C3=O)o2)cc1. The first kappa shape index (κ1) is 21.7. The smallest absolute Gasteiger partial charge is 0.338 e. The topological polar surface area (TPSA) is 106 Å². The molecule has 1 N–H and O–H groups in total. The molecule has 1 fully saturated rings. The number of urea groups is 1. The summed E-state index contributed by atoms with van der Waals surface area (Å²) in [4.78, 5) is 49.9. The molecular formula is C24H17FN2O6. The highest BCUT2D eigenvalue weighted by Crippen LogP contribution is 2.26. The van der Waals surface area contributed by atoms with E-state index in [-0.39, 0.29) is 23.6 Å². The van der Waals surface area contributed by atoms with E-state index in [0.29, 0.717) is 16.9 Å². The Kier molecular flexibility index (Phi) is 5.86. The molecule has 166 valence electrons. The average molecular weight is 448 g/mol. The lowest BCUT2D eigenvalue weighted by Crippen LogP contribution is -2.54. The van der Waals surface area contributed by atoms with Gasteiger partial charge in [-0.2, -0.15) is 0 Å². The predicted octanol–water partition coefficient (Wildman–Crippen LogP) is 3.93. The van der Waals surface area contributed by atoms with Gasteiger partial charge >= 0.3 is 12.0 Å². The van der Waals surface area contributed by atoms with Gasteiger partial charge in [-0.25, -0.2) is 18.9 Å². The number of esters is 1. The number of ether oxygens (including phenoxy) is 1. The highest BCUT2D eigenvalue weighted by Gasteiger charge is 2.37. The maximum Gasteiger partial charge on any atom is 0.338 e. The van der Waals surface area contributed by atoms with Crippen molar-refractivity contribution >= 4 is 35.6 Å². The fourth-order valence-electron chi connectivity index (χ4n) is 3.19. The molecule has 0 spiro atoms. The Morgan fingerprint density at radius 3 is 2.39 bits per heavy atom. The largest absolute Gasteiger partial charge is 0.462 e. The molecule has 0 atom stereocenters. The molecule has 33 heavy (non-hydrogen) atoms. The normalized spacial score (nSPS) is 15.0. The van der Waals surface area contributed by atoms with Crippen LogP contribution in [0.1, 0.15) is 23.0 Å². The Labute approximate surface area is 187 Å². The quantitative estimate of drug-likeness (QED) is 0.360. The van der Waals surface area contributed by atoms with Crippen molar-refractivity contribution < 1.29 is 32.7 Å². The summed E-state index contributed by atoms with van der Waals surface area (Å²) >= 11 is 0. The minimum atomic E-state index is -0.935. The molecule has 0 aliphatic carbocycles.